The standard InChI is InChI=1S/C16H11Cl2N3O3/c17-13-6-3-11(7-14(13)18)16(23)21-20-15(22)9-24-12-4-1-10(8-19)2-5-12/h1-7H,9H2,(H,20,22)(H,21,23). The summed E-state index contributed by atoms with van der Waals surface area (Å²) in [6.07, 6.45) is 0. The Morgan fingerprint density at radius 2 is 1.75 bits per heavy atom. The normalized spacial score (nSPS) is 9.71. The highest BCUT2D eigenvalue weighted by atomic mass is 35.5. The molecule has 122 valence electrons. The van der Waals surface area contributed by atoms with E-state index in [-0.39, 0.29) is 17.2 Å². The largest absolute Gasteiger partial charge is 0.484 e. The number of nitriles is 1. The van der Waals surface area contributed by atoms with Crippen LogP contribution in [0.4, 0.5) is 0 Å². The van der Waals surface area contributed by atoms with E-state index in [1.54, 1.807) is 24.3 Å². The molecule has 2 aromatic rings. The number of carbonyl (C=O) groups excluding carboxylic acids is 2. The van der Waals surface area contributed by atoms with E-state index < -0.39 is 11.8 Å². The zero-order valence-corrected chi connectivity index (χ0v) is 13.7. The van der Waals surface area contributed by atoms with E-state index in [9.17, 15) is 9.59 Å². The molecule has 0 aromatic heterocycles. The van der Waals surface area contributed by atoms with Crippen molar-refractivity contribution in [2.45, 2.75) is 0 Å². The van der Waals surface area contributed by atoms with Crippen LogP contribution < -0.4 is 15.6 Å². The summed E-state index contributed by atoms with van der Waals surface area (Å²) in [5.74, 6) is -0.659. The maximum atomic E-state index is 11.9. The van der Waals surface area contributed by atoms with Crippen molar-refractivity contribution in [2.75, 3.05) is 6.61 Å². The molecule has 2 amide bonds. The van der Waals surface area contributed by atoms with Crippen LogP contribution in [0, 0.1) is 11.3 Å². The number of nitrogens with zero attached hydrogens (tertiary/aromatic N) is 1. The topological polar surface area (TPSA) is 91.2 Å². The molecule has 24 heavy (non-hydrogen) atoms. The SMILES string of the molecule is N#Cc1ccc(OCC(=O)NNC(=O)c2ccc(Cl)c(Cl)c2)cc1. The Kier molecular flexibility index (Phi) is 6.01. The maximum Gasteiger partial charge on any atom is 0.276 e. The van der Waals surface area contributed by atoms with Crippen LogP contribution in [0.2, 0.25) is 10.0 Å². The van der Waals surface area contributed by atoms with Gasteiger partial charge < -0.3 is 4.74 Å². The van der Waals surface area contributed by atoms with E-state index in [1.165, 1.54) is 18.2 Å². The van der Waals surface area contributed by atoms with Crippen molar-refractivity contribution >= 4 is 35.0 Å². The third-order valence-corrected chi connectivity index (χ3v) is 3.59. The number of ether oxygens (including phenoxy) is 1. The molecule has 8 heteroatoms. The molecule has 0 heterocycles. The summed E-state index contributed by atoms with van der Waals surface area (Å²) in [5.41, 5.74) is 5.19. The van der Waals surface area contributed by atoms with Crippen LogP contribution in [0.25, 0.3) is 0 Å². The Morgan fingerprint density at radius 3 is 2.38 bits per heavy atom. The number of hydrogen-bond donors (Lipinski definition) is 2. The first-order valence-electron chi connectivity index (χ1n) is 6.67. The summed E-state index contributed by atoms with van der Waals surface area (Å²) in [4.78, 5) is 23.5. The van der Waals surface area contributed by atoms with E-state index in [0.717, 1.165) is 0 Å². The average molecular weight is 364 g/mol. The van der Waals surface area contributed by atoms with E-state index in [0.29, 0.717) is 16.3 Å². The summed E-state index contributed by atoms with van der Waals surface area (Å²) in [5, 5.41) is 9.25. The van der Waals surface area contributed by atoms with Crippen LogP contribution in [-0.4, -0.2) is 18.4 Å². The molecule has 2 N–H and O–H groups in total. The summed E-state index contributed by atoms with van der Waals surface area (Å²) >= 11 is 11.6. The van der Waals surface area contributed by atoms with Gasteiger partial charge >= 0.3 is 0 Å². The lowest BCUT2D eigenvalue weighted by Gasteiger charge is -2.09. The number of carbonyl (C=O) groups is 2. The van der Waals surface area contributed by atoms with Crippen molar-refractivity contribution < 1.29 is 14.3 Å². The van der Waals surface area contributed by atoms with Crippen LogP contribution in [0.5, 0.6) is 5.75 Å². The van der Waals surface area contributed by atoms with Crippen LogP contribution in [0.15, 0.2) is 42.5 Å². The van der Waals surface area contributed by atoms with E-state index in [1.807, 2.05) is 6.07 Å². The first-order chi connectivity index (χ1) is 11.5. The van der Waals surface area contributed by atoms with Crippen LogP contribution >= 0.6 is 23.2 Å². The zero-order valence-electron chi connectivity index (χ0n) is 12.2. The Bertz CT molecular complexity index is 801. The quantitative estimate of drug-likeness (QED) is 0.816. The molecule has 0 unspecified atom stereocenters. The summed E-state index contributed by atoms with van der Waals surface area (Å²) < 4.78 is 5.23. The summed E-state index contributed by atoms with van der Waals surface area (Å²) in [6.45, 7) is -0.298. The van der Waals surface area contributed by atoms with Gasteiger partial charge in [-0.15, -0.1) is 0 Å². The van der Waals surface area contributed by atoms with Crippen molar-refractivity contribution in [3.8, 4) is 11.8 Å². The Balaban J connectivity index is 1.80. The van der Waals surface area contributed by atoms with Gasteiger partial charge in [0.2, 0.25) is 0 Å². The van der Waals surface area contributed by atoms with Gasteiger partial charge in [0.15, 0.2) is 6.61 Å². The van der Waals surface area contributed by atoms with Gasteiger partial charge in [0.25, 0.3) is 11.8 Å². The lowest BCUT2D eigenvalue weighted by Crippen LogP contribution is -2.43. The lowest BCUT2D eigenvalue weighted by atomic mass is 10.2. The van der Waals surface area contributed by atoms with Gasteiger partial charge in [0.1, 0.15) is 5.75 Å². The van der Waals surface area contributed by atoms with Gasteiger partial charge in [-0.1, -0.05) is 23.2 Å². The van der Waals surface area contributed by atoms with Gasteiger partial charge in [-0.2, -0.15) is 5.26 Å². The maximum absolute atomic E-state index is 11.9. The second-order valence-corrected chi connectivity index (χ2v) is 5.37. The van der Waals surface area contributed by atoms with Gasteiger partial charge in [0, 0.05) is 5.56 Å². The summed E-state index contributed by atoms with van der Waals surface area (Å²) in [6, 6.07) is 12.6. The third-order valence-electron chi connectivity index (χ3n) is 2.85. The molecular weight excluding hydrogens is 353 g/mol. The number of benzene rings is 2. The highest BCUT2D eigenvalue weighted by molar-refractivity contribution is 6.42. The van der Waals surface area contributed by atoms with E-state index >= 15 is 0 Å². The number of hydrogen-bond acceptors (Lipinski definition) is 4. The molecule has 0 bridgehead atoms. The predicted octanol–water partition coefficient (Wildman–Crippen LogP) is 2.71. The number of halogens is 2. The van der Waals surface area contributed by atoms with Crippen LogP contribution in [0.1, 0.15) is 15.9 Å². The van der Waals surface area contributed by atoms with E-state index in [4.69, 9.17) is 33.2 Å². The summed E-state index contributed by atoms with van der Waals surface area (Å²) in [7, 11) is 0. The Labute approximate surface area is 147 Å². The molecular formula is C16H11Cl2N3O3. The fraction of sp³-hybridized carbons (Fsp3) is 0.0625. The highest BCUT2D eigenvalue weighted by Gasteiger charge is 2.09. The van der Waals surface area contributed by atoms with E-state index in [2.05, 4.69) is 10.9 Å². The second kappa shape index (κ2) is 8.20. The molecule has 2 rings (SSSR count). The minimum atomic E-state index is -0.548. The molecule has 0 aliphatic heterocycles. The molecule has 0 radical (unpaired) electrons. The van der Waals surface area contributed by atoms with Gasteiger partial charge in [-0.05, 0) is 42.5 Å². The number of rotatable bonds is 4. The van der Waals surface area contributed by atoms with Crippen LogP contribution in [-0.2, 0) is 4.79 Å². The molecule has 2 aromatic carbocycles. The van der Waals surface area contributed by atoms with Gasteiger partial charge in [-0.25, -0.2) is 0 Å². The van der Waals surface area contributed by atoms with Gasteiger partial charge in [0.05, 0.1) is 21.7 Å². The first kappa shape index (κ1) is 17.6. The molecule has 0 saturated carbocycles. The van der Waals surface area contributed by atoms with Crippen molar-refractivity contribution in [2.24, 2.45) is 0 Å². The predicted molar refractivity (Wildman–Crippen MR) is 88.7 cm³/mol. The molecule has 6 nitrogen and oxygen atoms in total. The monoisotopic (exact) mass is 363 g/mol. The first-order valence-corrected chi connectivity index (χ1v) is 7.42. The smallest absolute Gasteiger partial charge is 0.276 e. The minimum absolute atomic E-state index is 0.236. The van der Waals surface area contributed by atoms with Crippen molar-refractivity contribution in [1.29, 1.82) is 5.26 Å². The molecule has 0 spiro atoms. The number of hydrazine groups is 1. The second-order valence-electron chi connectivity index (χ2n) is 4.56. The zero-order chi connectivity index (χ0) is 17.5. The van der Waals surface area contributed by atoms with Crippen molar-refractivity contribution in [1.82, 2.24) is 10.9 Å². The third kappa shape index (κ3) is 4.88. The highest BCUT2D eigenvalue weighted by Crippen LogP contribution is 2.22. The number of nitrogens with one attached hydrogen (secondary N) is 2. The molecule has 0 saturated heterocycles. The van der Waals surface area contributed by atoms with Crippen molar-refractivity contribution in [3.05, 3.63) is 63.6 Å². The van der Waals surface area contributed by atoms with Crippen molar-refractivity contribution in [3.63, 3.8) is 0 Å². The molecule has 0 aliphatic rings. The van der Waals surface area contributed by atoms with Gasteiger partial charge in [-0.3, -0.25) is 20.4 Å². The average Bonchev–Trinajstić information content (AvgIpc) is 2.60. The van der Waals surface area contributed by atoms with Crippen LogP contribution in [0.3, 0.4) is 0 Å². The molecule has 0 fully saturated rings. The minimum Gasteiger partial charge on any atom is -0.484 e. The fourth-order valence-electron chi connectivity index (χ4n) is 1.65. The number of amides is 2. The molecule has 0 aliphatic carbocycles. The Hall–Kier alpha value is -2.75. The fourth-order valence-corrected chi connectivity index (χ4v) is 1.94. The molecule has 0 atom stereocenters. The lowest BCUT2D eigenvalue weighted by molar-refractivity contribution is -0.123. The Morgan fingerprint density at radius 1 is 1.04 bits per heavy atom.